The number of hydrogen-bond acceptors (Lipinski definition) is 4. The van der Waals surface area contributed by atoms with E-state index in [9.17, 15) is 5.11 Å². The van der Waals surface area contributed by atoms with Crippen LogP contribution in [0.3, 0.4) is 0 Å². The molecule has 7 rings (SSSR count). The van der Waals surface area contributed by atoms with E-state index >= 15 is 0 Å². The Morgan fingerprint density at radius 2 is 1.51 bits per heavy atom. The third-order valence-electron chi connectivity index (χ3n) is 7.90. The van der Waals surface area contributed by atoms with E-state index in [1.807, 2.05) is 72.8 Å². The molecule has 0 saturated carbocycles. The van der Waals surface area contributed by atoms with Gasteiger partial charge >= 0.3 is 0 Å². The molecule has 3 aliphatic rings. The van der Waals surface area contributed by atoms with Gasteiger partial charge < -0.3 is 18.7 Å². The Kier molecular flexibility index (Phi) is 6.49. The number of quaternary nitrogens is 1. The number of piperidine rings is 3. The summed E-state index contributed by atoms with van der Waals surface area (Å²) in [7, 11) is 0. The lowest BCUT2D eigenvalue weighted by atomic mass is 9.83. The van der Waals surface area contributed by atoms with Crippen molar-refractivity contribution in [2.24, 2.45) is 5.92 Å². The van der Waals surface area contributed by atoms with Gasteiger partial charge in [0.05, 0.1) is 19.3 Å². The molecule has 0 radical (unpaired) electrons. The quantitative estimate of drug-likeness (QED) is 0.276. The summed E-state index contributed by atoms with van der Waals surface area (Å²) in [6.07, 6.45) is 4.05. The van der Waals surface area contributed by atoms with Crippen molar-refractivity contribution in [2.75, 3.05) is 19.6 Å². The minimum absolute atomic E-state index is 0.0880. The second-order valence-corrected chi connectivity index (χ2v) is 11.2. The number of nitrogens with zero attached hydrogens (tertiary/aromatic N) is 2. The molecule has 1 N–H and O–H groups in total. The van der Waals surface area contributed by atoms with Crippen LogP contribution >= 0.6 is 23.2 Å². The molecule has 3 aromatic carbocycles. The van der Waals surface area contributed by atoms with Gasteiger partial charge in [-0.1, -0.05) is 83.9 Å². The molecule has 2 bridgehead atoms. The predicted octanol–water partition coefficient (Wildman–Crippen LogP) is 6.45. The van der Waals surface area contributed by atoms with Crippen molar-refractivity contribution >= 4 is 23.2 Å². The van der Waals surface area contributed by atoms with E-state index in [1.54, 1.807) is 12.3 Å². The van der Waals surface area contributed by atoms with Crippen LogP contribution < -0.4 is 4.74 Å². The zero-order valence-electron chi connectivity index (χ0n) is 20.4. The van der Waals surface area contributed by atoms with E-state index in [0.717, 1.165) is 42.7 Å². The zero-order valence-corrected chi connectivity index (χ0v) is 21.9. The van der Waals surface area contributed by atoms with Crippen molar-refractivity contribution in [1.82, 2.24) is 4.98 Å². The van der Waals surface area contributed by atoms with Crippen LogP contribution in [0.4, 0.5) is 0 Å². The lowest BCUT2D eigenvalue weighted by Crippen LogP contribution is -2.64. The normalized spacial score (nSPS) is 23.2. The van der Waals surface area contributed by atoms with Crippen LogP contribution in [0.1, 0.15) is 35.6 Å². The molecule has 1 aromatic heterocycles. The Labute approximate surface area is 226 Å². The number of rotatable bonds is 7. The Bertz CT molecular complexity index is 1310. The average molecular weight is 536 g/mol. The summed E-state index contributed by atoms with van der Waals surface area (Å²) < 4.78 is 13.6. The summed E-state index contributed by atoms with van der Waals surface area (Å²) in [6.45, 7) is 3.72. The number of fused-ring (bicyclic) bond motifs is 3. The minimum Gasteiger partial charge on any atom is -0.484 e. The predicted molar refractivity (Wildman–Crippen MR) is 144 cm³/mol. The first-order valence-electron chi connectivity index (χ1n) is 12.7. The number of hydrogen-bond donors (Lipinski definition) is 1. The number of oxazole rings is 1. The molecule has 1 unspecified atom stereocenters. The van der Waals surface area contributed by atoms with Gasteiger partial charge in [-0.05, 0) is 29.3 Å². The molecule has 7 heteroatoms. The van der Waals surface area contributed by atoms with E-state index in [-0.39, 0.29) is 12.0 Å². The van der Waals surface area contributed by atoms with Crippen LogP contribution in [-0.2, 0) is 12.1 Å². The molecule has 190 valence electrons. The highest BCUT2D eigenvalue weighted by Gasteiger charge is 2.48. The summed E-state index contributed by atoms with van der Waals surface area (Å²) in [5, 5.41) is 13.2. The van der Waals surface area contributed by atoms with Crippen molar-refractivity contribution in [3.05, 3.63) is 118 Å². The second kappa shape index (κ2) is 9.80. The van der Waals surface area contributed by atoms with Crippen LogP contribution in [0.2, 0.25) is 10.0 Å². The summed E-state index contributed by atoms with van der Waals surface area (Å²) >= 11 is 12.4. The van der Waals surface area contributed by atoms with Gasteiger partial charge in [0.1, 0.15) is 18.8 Å². The van der Waals surface area contributed by atoms with Crippen molar-refractivity contribution in [3.63, 3.8) is 0 Å². The molecular formula is C30H29Cl2N2O3+. The highest BCUT2D eigenvalue weighted by atomic mass is 35.5. The zero-order chi connectivity index (χ0) is 25.5. The topological polar surface area (TPSA) is 55.5 Å². The van der Waals surface area contributed by atoms with Gasteiger partial charge in [0.2, 0.25) is 5.89 Å². The Balaban J connectivity index is 1.26. The fraction of sp³-hybridized carbons (Fsp3) is 0.300. The molecule has 0 amide bonds. The maximum absolute atomic E-state index is 12.0. The summed E-state index contributed by atoms with van der Waals surface area (Å²) in [5.41, 5.74) is -0.0455. The summed E-state index contributed by atoms with van der Waals surface area (Å²) in [4.78, 5) is 4.60. The number of aliphatic hydroxyl groups is 1. The number of halogens is 2. The van der Waals surface area contributed by atoms with Gasteiger partial charge in [0.15, 0.2) is 17.5 Å². The number of aromatic nitrogens is 1. The van der Waals surface area contributed by atoms with Crippen molar-refractivity contribution in [1.29, 1.82) is 0 Å². The Morgan fingerprint density at radius 3 is 2.11 bits per heavy atom. The molecule has 3 aliphatic heterocycles. The monoisotopic (exact) mass is 535 g/mol. The molecule has 5 nitrogen and oxygen atoms in total. The first kappa shape index (κ1) is 24.5. The van der Waals surface area contributed by atoms with Crippen LogP contribution in [0.25, 0.3) is 0 Å². The summed E-state index contributed by atoms with van der Waals surface area (Å²) in [5.74, 6) is 2.29. The second-order valence-electron chi connectivity index (χ2n) is 10.3. The lowest BCUT2D eigenvalue weighted by molar-refractivity contribution is -0.958. The molecule has 1 atom stereocenters. The van der Waals surface area contributed by atoms with E-state index in [4.69, 9.17) is 32.4 Å². The SMILES string of the molecule is OC(c1ccccc1)(c1ccccc1)c1ncc(C[N+]23CCC(CC2)C(Oc2cc(Cl)cc(Cl)c2)C3)o1. The van der Waals surface area contributed by atoms with Crippen LogP contribution in [0, 0.1) is 5.92 Å². The average Bonchev–Trinajstić information content (AvgIpc) is 3.37. The van der Waals surface area contributed by atoms with Crippen molar-refractivity contribution < 1.29 is 18.7 Å². The molecule has 4 heterocycles. The largest absolute Gasteiger partial charge is 0.484 e. The van der Waals surface area contributed by atoms with E-state index in [0.29, 0.717) is 39.4 Å². The first-order chi connectivity index (χ1) is 17.9. The van der Waals surface area contributed by atoms with Crippen molar-refractivity contribution in [3.8, 4) is 5.75 Å². The van der Waals surface area contributed by atoms with Crippen LogP contribution in [0.5, 0.6) is 5.75 Å². The molecule has 0 spiro atoms. The minimum atomic E-state index is -1.48. The molecule has 3 fully saturated rings. The van der Waals surface area contributed by atoms with Gasteiger partial charge in [-0.15, -0.1) is 0 Å². The standard InChI is InChI=1S/C30H29Cl2N2O3/c31-24-15-25(32)17-26(16-24)36-28-20-34(13-11-21(28)12-14-34)19-27-18-33-29(37-27)30(35,22-7-3-1-4-8-22)23-9-5-2-6-10-23/h1-10,15-18,21,28,35H,11-14,19-20H2/q+1. The molecular weight excluding hydrogens is 507 g/mol. The van der Waals surface area contributed by atoms with E-state index in [1.165, 1.54) is 0 Å². The van der Waals surface area contributed by atoms with Gasteiger partial charge in [0.25, 0.3) is 0 Å². The highest BCUT2D eigenvalue weighted by Crippen LogP contribution is 2.40. The smallest absolute Gasteiger partial charge is 0.236 e. The molecule has 3 saturated heterocycles. The van der Waals surface area contributed by atoms with Crippen molar-refractivity contribution in [2.45, 2.75) is 31.1 Å². The summed E-state index contributed by atoms with van der Waals surface area (Å²) in [6, 6.07) is 24.5. The van der Waals surface area contributed by atoms with Gasteiger partial charge in [0, 0.05) is 28.8 Å². The maximum atomic E-state index is 12.0. The fourth-order valence-electron chi connectivity index (χ4n) is 6.00. The first-order valence-corrected chi connectivity index (χ1v) is 13.5. The van der Waals surface area contributed by atoms with E-state index in [2.05, 4.69) is 4.98 Å². The van der Waals surface area contributed by atoms with Crippen LogP contribution in [0.15, 0.2) is 89.5 Å². The highest BCUT2D eigenvalue weighted by molar-refractivity contribution is 6.34. The van der Waals surface area contributed by atoms with Gasteiger partial charge in [-0.2, -0.15) is 0 Å². The fourth-order valence-corrected chi connectivity index (χ4v) is 6.50. The van der Waals surface area contributed by atoms with Crippen LogP contribution in [-0.4, -0.2) is 40.3 Å². The van der Waals surface area contributed by atoms with E-state index < -0.39 is 5.60 Å². The van der Waals surface area contributed by atoms with Gasteiger partial charge in [-0.3, -0.25) is 0 Å². The lowest BCUT2D eigenvalue weighted by Gasteiger charge is -2.51. The Morgan fingerprint density at radius 1 is 0.919 bits per heavy atom. The third kappa shape index (κ3) is 4.77. The maximum Gasteiger partial charge on any atom is 0.236 e. The van der Waals surface area contributed by atoms with Gasteiger partial charge in [-0.25, -0.2) is 4.98 Å². The third-order valence-corrected chi connectivity index (χ3v) is 8.34. The molecule has 4 aromatic rings. The number of benzene rings is 3. The molecule has 0 aliphatic carbocycles. The Hall–Kier alpha value is -2.83. The molecule has 37 heavy (non-hydrogen) atoms. The number of ether oxygens (including phenoxy) is 1.